The van der Waals surface area contributed by atoms with E-state index in [-0.39, 0.29) is 17.4 Å². The number of thioether (sulfide) groups is 1. The van der Waals surface area contributed by atoms with Crippen LogP contribution in [0.4, 0.5) is 0 Å². The van der Waals surface area contributed by atoms with Gasteiger partial charge in [0.05, 0.1) is 18.2 Å². The van der Waals surface area contributed by atoms with Crippen LogP contribution in [0.5, 0.6) is 0 Å². The first-order valence-electron chi connectivity index (χ1n) is 10.4. The summed E-state index contributed by atoms with van der Waals surface area (Å²) in [5.74, 6) is -1.02. The lowest BCUT2D eigenvalue weighted by Crippen LogP contribution is -2.42. The number of nitrogens with one attached hydrogen (secondary N) is 1. The lowest BCUT2D eigenvalue weighted by Gasteiger charge is -2.17. The Morgan fingerprint density at radius 2 is 1.84 bits per heavy atom. The van der Waals surface area contributed by atoms with E-state index in [0.29, 0.717) is 28.9 Å². The van der Waals surface area contributed by atoms with Crippen LogP contribution in [0.25, 0.3) is 21.9 Å². The van der Waals surface area contributed by atoms with Crippen molar-refractivity contribution in [2.24, 2.45) is 0 Å². The number of carboxylic acids is 1. The van der Waals surface area contributed by atoms with E-state index in [9.17, 15) is 19.5 Å². The molecule has 7 nitrogen and oxygen atoms in total. The van der Waals surface area contributed by atoms with Gasteiger partial charge in [-0.15, -0.1) is 0 Å². The summed E-state index contributed by atoms with van der Waals surface area (Å²) in [5, 5.41) is 13.6. The monoisotopic (exact) mass is 459 g/mol. The van der Waals surface area contributed by atoms with Gasteiger partial charge in [0.15, 0.2) is 0 Å². The molecule has 2 N–H and O–H groups in total. The summed E-state index contributed by atoms with van der Waals surface area (Å²) < 4.78 is 11.4. The van der Waals surface area contributed by atoms with Crippen LogP contribution >= 0.6 is 11.8 Å². The molecule has 0 fully saturated rings. The van der Waals surface area contributed by atoms with Crippen LogP contribution in [0.2, 0.25) is 0 Å². The van der Waals surface area contributed by atoms with Gasteiger partial charge in [0.25, 0.3) is 0 Å². The van der Waals surface area contributed by atoms with Crippen molar-refractivity contribution in [2.45, 2.75) is 58.9 Å². The van der Waals surface area contributed by atoms with Crippen LogP contribution in [0.15, 0.2) is 26.0 Å². The molecule has 0 unspecified atom stereocenters. The minimum Gasteiger partial charge on any atom is -0.480 e. The number of carboxylic acid groups (broad SMARTS) is 1. The highest BCUT2D eigenvalue weighted by atomic mass is 32.2. The molecule has 2 aromatic heterocycles. The summed E-state index contributed by atoms with van der Waals surface area (Å²) in [6.45, 7) is 9.92. The number of carbonyl (C=O) groups is 2. The molecule has 1 aromatic carbocycles. The topological polar surface area (TPSA) is 110 Å². The standard InChI is InChI=1S/C24H29NO6S/c1-12-14-9-16-17(24(3,4)5)11-30-20(16)13(2)21(14)31-23(29)15(12)10-19(26)25-18(22(27)28)7-8-32-6/h9,11,18H,7-8,10H2,1-6H3,(H,25,26)(H,27,28)/t18-/m0/s1. The van der Waals surface area contributed by atoms with Crippen molar-refractivity contribution in [2.75, 3.05) is 12.0 Å². The van der Waals surface area contributed by atoms with E-state index in [4.69, 9.17) is 8.83 Å². The molecule has 0 radical (unpaired) electrons. The van der Waals surface area contributed by atoms with Gasteiger partial charge >= 0.3 is 11.6 Å². The maximum atomic E-state index is 12.7. The van der Waals surface area contributed by atoms with Crippen molar-refractivity contribution < 1.29 is 23.5 Å². The fourth-order valence-corrected chi connectivity index (χ4v) is 4.35. The fraction of sp³-hybridized carbons (Fsp3) is 0.458. The molecule has 0 aliphatic rings. The van der Waals surface area contributed by atoms with Gasteiger partial charge in [-0.3, -0.25) is 4.79 Å². The molecule has 32 heavy (non-hydrogen) atoms. The highest BCUT2D eigenvalue weighted by molar-refractivity contribution is 7.98. The van der Waals surface area contributed by atoms with E-state index < -0.39 is 23.5 Å². The zero-order chi connectivity index (χ0) is 23.8. The second-order valence-corrected chi connectivity index (χ2v) is 10.0. The van der Waals surface area contributed by atoms with Gasteiger partial charge < -0.3 is 19.3 Å². The smallest absolute Gasteiger partial charge is 0.340 e. The number of aliphatic carboxylic acids is 1. The number of carbonyl (C=O) groups excluding carboxylic acids is 1. The van der Waals surface area contributed by atoms with Gasteiger partial charge in [0, 0.05) is 21.9 Å². The Kier molecular flexibility index (Phi) is 6.74. The van der Waals surface area contributed by atoms with Crippen LogP contribution in [0, 0.1) is 13.8 Å². The van der Waals surface area contributed by atoms with Crippen LogP contribution in [0.1, 0.15) is 49.4 Å². The second-order valence-electron chi connectivity index (χ2n) is 9.06. The number of aryl methyl sites for hydroxylation is 2. The number of rotatable bonds is 7. The van der Waals surface area contributed by atoms with E-state index in [2.05, 4.69) is 26.1 Å². The maximum Gasteiger partial charge on any atom is 0.340 e. The largest absolute Gasteiger partial charge is 0.480 e. The van der Waals surface area contributed by atoms with Crippen molar-refractivity contribution in [3.8, 4) is 0 Å². The molecule has 0 bridgehead atoms. The fourth-order valence-electron chi connectivity index (χ4n) is 3.88. The van der Waals surface area contributed by atoms with Crippen molar-refractivity contribution >= 4 is 45.6 Å². The Hall–Kier alpha value is -2.74. The zero-order valence-corrected chi connectivity index (χ0v) is 20.1. The molecule has 3 rings (SSSR count). The molecule has 8 heteroatoms. The van der Waals surface area contributed by atoms with Crippen LogP contribution in [-0.2, 0) is 21.4 Å². The molecule has 172 valence electrons. The van der Waals surface area contributed by atoms with Crippen molar-refractivity contribution in [3.63, 3.8) is 0 Å². The highest BCUT2D eigenvalue weighted by Crippen LogP contribution is 2.37. The first-order valence-corrected chi connectivity index (χ1v) is 11.8. The predicted octanol–water partition coefficient (Wildman–Crippen LogP) is 4.32. The highest BCUT2D eigenvalue weighted by Gasteiger charge is 2.25. The second kappa shape index (κ2) is 9.02. The molecule has 0 saturated carbocycles. The number of fused-ring (bicyclic) bond motifs is 2. The summed E-state index contributed by atoms with van der Waals surface area (Å²) in [5.41, 5.74) is 3.01. The minimum atomic E-state index is -1.10. The number of furan rings is 1. The molecule has 3 aromatic rings. The van der Waals surface area contributed by atoms with Crippen molar-refractivity contribution in [1.29, 1.82) is 0 Å². The Morgan fingerprint density at radius 3 is 2.44 bits per heavy atom. The zero-order valence-electron chi connectivity index (χ0n) is 19.3. The lowest BCUT2D eigenvalue weighted by molar-refractivity contribution is -0.141. The molecule has 1 amide bonds. The Balaban J connectivity index is 2.05. The van der Waals surface area contributed by atoms with Crippen LogP contribution < -0.4 is 10.9 Å². The summed E-state index contributed by atoms with van der Waals surface area (Å²) in [4.78, 5) is 36.8. The van der Waals surface area contributed by atoms with Crippen molar-refractivity contribution in [1.82, 2.24) is 5.32 Å². The van der Waals surface area contributed by atoms with E-state index in [0.717, 1.165) is 21.9 Å². The molecule has 0 saturated heterocycles. The number of hydrogen-bond acceptors (Lipinski definition) is 6. The van der Waals surface area contributed by atoms with Gasteiger partial charge in [-0.2, -0.15) is 11.8 Å². The third-order valence-corrected chi connectivity index (χ3v) is 6.38. The maximum absolute atomic E-state index is 12.7. The molecular weight excluding hydrogens is 430 g/mol. The average Bonchev–Trinajstić information content (AvgIpc) is 3.14. The van der Waals surface area contributed by atoms with Crippen LogP contribution in [-0.4, -0.2) is 35.0 Å². The van der Waals surface area contributed by atoms with Crippen LogP contribution in [0.3, 0.4) is 0 Å². The van der Waals surface area contributed by atoms with Gasteiger partial charge in [-0.25, -0.2) is 9.59 Å². The number of benzene rings is 1. The van der Waals surface area contributed by atoms with Gasteiger partial charge in [0.1, 0.15) is 17.2 Å². The Labute approximate surface area is 190 Å². The summed E-state index contributed by atoms with van der Waals surface area (Å²) in [6, 6.07) is 0.949. The molecular formula is C24H29NO6S. The van der Waals surface area contributed by atoms with Gasteiger partial charge in [-0.1, -0.05) is 20.8 Å². The lowest BCUT2D eigenvalue weighted by atomic mass is 9.86. The quantitative estimate of drug-likeness (QED) is 0.506. The molecule has 1 atom stereocenters. The summed E-state index contributed by atoms with van der Waals surface area (Å²) in [6.07, 6.45) is 3.66. The SMILES string of the molecule is CSCC[C@H](NC(=O)Cc1c(C)c2cc3c(C(C)(C)C)coc3c(C)c2oc1=O)C(=O)O. The van der Waals surface area contributed by atoms with E-state index in [1.807, 2.05) is 19.2 Å². The predicted molar refractivity (Wildman–Crippen MR) is 127 cm³/mol. The summed E-state index contributed by atoms with van der Waals surface area (Å²) >= 11 is 1.50. The molecule has 0 aliphatic carbocycles. The molecule has 0 aliphatic heterocycles. The Bertz CT molecular complexity index is 1250. The Morgan fingerprint density at radius 1 is 1.16 bits per heavy atom. The average molecular weight is 460 g/mol. The molecule has 0 spiro atoms. The minimum absolute atomic E-state index is 0.139. The van der Waals surface area contributed by atoms with Gasteiger partial charge in [-0.05, 0) is 49.3 Å². The third-order valence-electron chi connectivity index (χ3n) is 5.73. The first-order chi connectivity index (χ1) is 15.0. The van der Waals surface area contributed by atoms with E-state index in [1.54, 1.807) is 13.2 Å². The van der Waals surface area contributed by atoms with E-state index in [1.165, 1.54) is 11.8 Å². The number of hydrogen-bond donors (Lipinski definition) is 2. The van der Waals surface area contributed by atoms with Gasteiger partial charge in [0.2, 0.25) is 5.91 Å². The first kappa shape index (κ1) is 23.9. The van der Waals surface area contributed by atoms with E-state index >= 15 is 0 Å². The third kappa shape index (κ3) is 4.55. The molecule has 2 heterocycles. The number of amides is 1. The normalized spacial score (nSPS) is 12.9. The van der Waals surface area contributed by atoms with Crippen molar-refractivity contribution in [3.05, 3.63) is 45.0 Å². The summed E-state index contributed by atoms with van der Waals surface area (Å²) in [7, 11) is 0.